The van der Waals surface area contributed by atoms with Crippen LogP contribution in [0.5, 0.6) is 5.75 Å². The second-order valence-corrected chi connectivity index (χ2v) is 13.0. The Labute approximate surface area is 271 Å². The van der Waals surface area contributed by atoms with Crippen molar-refractivity contribution in [2.24, 2.45) is 16.0 Å². The van der Waals surface area contributed by atoms with Gasteiger partial charge in [0.1, 0.15) is 5.75 Å². The van der Waals surface area contributed by atoms with Crippen LogP contribution in [0.2, 0.25) is 0 Å². The highest BCUT2D eigenvalue weighted by Gasteiger charge is 2.32. The van der Waals surface area contributed by atoms with Crippen molar-refractivity contribution in [2.45, 2.75) is 36.9 Å². The van der Waals surface area contributed by atoms with Crippen LogP contribution in [0, 0.1) is 5.92 Å². The number of carbonyl (C=O) groups excluding carboxylic acids is 2. The van der Waals surface area contributed by atoms with Crippen LogP contribution >= 0.6 is 11.8 Å². The molecule has 2 fully saturated rings. The van der Waals surface area contributed by atoms with Crippen molar-refractivity contribution in [3.63, 3.8) is 0 Å². The van der Waals surface area contributed by atoms with Crippen molar-refractivity contribution in [3.05, 3.63) is 71.3 Å². The average Bonchev–Trinajstić information content (AvgIpc) is 2.99. The number of halogens is 3. The molecular formula is C30H37F3N6O5S2. The first-order valence-electron chi connectivity index (χ1n) is 14.3. The fourth-order valence-electron chi connectivity index (χ4n) is 4.69. The quantitative estimate of drug-likeness (QED) is 0.149. The summed E-state index contributed by atoms with van der Waals surface area (Å²) in [5, 5.41) is 8.23. The van der Waals surface area contributed by atoms with Gasteiger partial charge in [0.05, 0.1) is 23.1 Å². The van der Waals surface area contributed by atoms with Gasteiger partial charge in [-0.15, -0.1) is 24.9 Å². The van der Waals surface area contributed by atoms with E-state index in [0.717, 1.165) is 43.1 Å². The number of thioether (sulfide) groups is 1. The molecule has 0 spiro atoms. The zero-order valence-corrected chi connectivity index (χ0v) is 27.0. The van der Waals surface area contributed by atoms with E-state index >= 15 is 0 Å². The molecule has 2 aromatic rings. The van der Waals surface area contributed by atoms with Gasteiger partial charge in [0.2, 0.25) is 22.3 Å². The lowest BCUT2D eigenvalue weighted by molar-refractivity contribution is -0.274. The molecule has 250 valence electrons. The highest BCUT2D eigenvalue weighted by Crippen LogP contribution is 2.40. The van der Waals surface area contributed by atoms with Crippen molar-refractivity contribution >= 4 is 46.7 Å². The van der Waals surface area contributed by atoms with Crippen molar-refractivity contribution in [2.75, 3.05) is 39.0 Å². The predicted octanol–water partition coefficient (Wildman–Crippen LogP) is 4.17. The number of carbonyl (C=O) groups is 2. The standard InChI is InChI=1S/C18H22F3N5O4S2.C12H15NO/c1-14(27)24-23-11-15(12-31-2)22-13-25-7-9-26(10-8-25)32(28,29)17-5-3-16(4-6-17)30-18(19,20)21;14-9-13-8-10-6-12(7-10)11-4-2-1-3-5-11/h3-6,11-13H,7-10H2,1-2H3,(H,24,27);1-5,9-10,12H,6-8H2,(H,13,14)/b15-12-,22-13?,23-11-;. The number of rotatable bonds is 12. The van der Waals surface area contributed by atoms with Gasteiger partial charge in [0.25, 0.3) is 0 Å². The molecular weight excluding hydrogens is 645 g/mol. The van der Waals surface area contributed by atoms with Crippen molar-refractivity contribution in [1.29, 1.82) is 0 Å². The Kier molecular flexibility index (Phi) is 14.1. The van der Waals surface area contributed by atoms with Gasteiger partial charge in [-0.3, -0.25) is 9.59 Å². The number of alkyl halides is 3. The van der Waals surface area contributed by atoms with Crippen LogP contribution in [0.15, 0.2) is 80.7 Å². The molecule has 0 radical (unpaired) electrons. The van der Waals surface area contributed by atoms with Crippen LogP contribution in [0.4, 0.5) is 13.2 Å². The third-order valence-electron chi connectivity index (χ3n) is 6.99. The first-order valence-corrected chi connectivity index (χ1v) is 17.0. The lowest BCUT2D eigenvalue weighted by Crippen LogP contribution is -2.48. The van der Waals surface area contributed by atoms with Crippen LogP contribution in [0.3, 0.4) is 0 Å². The molecule has 0 atom stereocenters. The third-order valence-corrected chi connectivity index (χ3v) is 9.38. The molecule has 46 heavy (non-hydrogen) atoms. The molecule has 0 unspecified atom stereocenters. The molecule has 1 heterocycles. The lowest BCUT2D eigenvalue weighted by Gasteiger charge is -2.35. The van der Waals surface area contributed by atoms with Crippen LogP contribution in [-0.4, -0.2) is 87.8 Å². The summed E-state index contributed by atoms with van der Waals surface area (Å²) in [6.45, 7) is 3.26. The summed E-state index contributed by atoms with van der Waals surface area (Å²) >= 11 is 1.40. The molecule has 2 aliphatic rings. The number of hydrogen-bond acceptors (Lipinski definition) is 8. The largest absolute Gasteiger partial charge is 0.573 e. The Bertz CT molecular complexity index is 1460. The summed E-state index contributed by atoms with van der Waals surface area (Å²) in [6.07, 6.45) is 3.16. The second-order valence-electron chi connectivity index (χ2n) is 10.4. The van der Waals surface area contributed by atoms with Crippen LogP contribution in [0.25, 0.3) is 0 Å². The summed E-state index contributed by atoms with van der Waals surface area (Å²) in [5.74, 6) is 0.599. The van der Waals surface area contributed by atoms with E-state index in [1.54, 1.807) is 11.7 Å². The Hall–Kier alpha value is -3.89. The number of nitrogens with zero attached hydrogens (tertiary/aromatic N) is 4. The highest BCUT2D eigenvalue weighted by molar-refractivity contribution is 8.01. The number of ether oxygens (including phenoxy) is 1. The van der Waals surface area contributed by atoms with E-state index < -0.39 is 22.1 Å². The number of hydrazone groups is 1. The van der Waals surface area contributed by atoms with Gasteiger partial charge in [-0.25, -0.2) is 18.8 Å². The average molecular weight is 683 g/mol. The Balaban J connectivity index is 0.000000339. The molecule has 1 saturated carbocycles. The topological polar surface area (TPSA) is 133 Å². The summed E-state index contributed by atoms with van der Waals surface area (Å²) in [5.41, 5.74) is 4.22. The molecule has 2 amide bonds. The van der Waals surface area contributed by atoms with Crippen LogP contribution < -0.4 is 15.5 Å². The van der Waals surface area contributed by atoms with Gasteiger partial charge >= 0.3 is 6.36 Å². The number of nitrogens with one attached hydrogen (secondary N) is 2. The summed E-state index contributed by atoms with van der Waals surface area (Å²) in [7, 11) is -3.86. The van der Waals surface area contributed by atoms with Crippen LogP contribution in [0.1, 0.15) is 31.2 Å². The maximum atomic E-state index is 12.8. The zero-order valence-electron chi connectivity index (χ0n) is 25.4. The van der Waals surface area contributed by atoms with Crippen molar-refractivity contribution < 1.29 is 35.9 Å². The number of piperazine rings is 1. The Morgan fingerprint density at radius 2 is 1.72 bits per heavy atom. The maximum Gasteiger partial charge on any atom is 0.573 e. The minimum Gasteiger partial charge on any atom is -0.406 e. The number of aliphatic imine (C=N–C) groups is 1. The van der Waals surface area contributed by atoms with E-state index in [9.17, 15) is 31.2 Å². The van der Waals surface area contributed by atoms with Gasteiger partial charge < -0.3 is 15.0 Å². The molecule has 0 bridgehead atoms. The van der Waals surface area contributed by atoms with Gasteiger partial charge in [-0.2, -0.15) is 9.41 Å². The molecule has 2 aromatic carbocycles. The van der Waals surface area contributed by atoms with E-state index in [0.29, 0.717) is 24.7 Å². The number of amides is 2. The maximum absolute atomic E-state index is 12.8. The van der Waals surface area contributed by atoms with Crippen LogP contribution in [-0.2, 0) is 19.6 Å². The van der Waals surface area contributed by atoms with Crippen molar-refractivity contribution in [3.8, 4) is 5.75 Å². The predicted molar refractivity (Wildman–Crippen MR) is 172 cm³/mol. The number of benzene rings is 2. The lowest BCUT2D eigenvalue weighted by atomic mass is 9.71. The summed E-state index contributed by atoms with van der Waals surface area (Å²) in [4.78, 5) is 27.0. The molecule has 16 heteroatoms. The molecule has 1 aliphatic heterocycles. The first kappa shape index (κ1) is 36.6. The minimum atomic E-state index is -4.85. The first-order chi connectivity index (χ1) is 21.9. The van der Waals surface area contributed by atoms with E-state index in [2.05, 4.69) is 49.8 Å². The van der Waals surface area contributed by atoms with E-state index in [1.807, 2.05) is 17.2 Å². The second kappa shape index (κ2) is 17.7. The normalized spacial score (nSPS) is 19.2. The van der Waals surface area contributed by atoms with Gasteiger partial charge in [-0.1, -0.05) is 30.3 Å². The third kappa shape index (κ3) is 12.1. The van der Waals surface area contributed by atoms with E-state index in [-0.39, 0.29) is 23.9 Å². The number of hydrogen-bond donors (Lipinski definition) is 2. The Morgan fingerprint density at radius 3 is 2.28 bits per heavy atom. The monoisotopic (exact) mass is 682 g/mol. The van der Waals surface area contributed by atoms with Gasteiger partial charge in [0.15, 0.2) is 0 Å². The molecule has 0 aromatic heterocycles. The van der Waals surface area contributed by atoms with E-state index in [1.165, 1.54) is 47.6 Å². The zero-order chi connectivity index (χ0) is 33.6. The fourth-order valence-corrected chi connectivity index (χ4v) is 6.47. The molecule has 1 saturated heterocycles. The van der Waals surface area contributed by atoms with Gasteiger partial charge in [-0.05, 0) is 66.2 Å². The van der Waals surface area contributed by atoms with Crippen molar-refractivity contribution in [1.82, 2.24) is 19.9 Å². The van der Waals surface area contributed by atoms with E-state index in [4.69, 9.17) is 0 Å². The molecule has 11 nitrogen and oxygen atoms in total. The highest BCUT2D eigenvalue weighted by atomic mass is 32.2. The van der Waals surface area contributed by atoms with Gasteiger partial charge in [0, 0.05) is 39.6 Å². The SMILES string of the molecule is CS/C=C(/C=N\NC(C)=O)N=CN1CCN(S(=O)(=O)c2ccc(OC(F)(F)F)cc2)CC1.O=CNCC1CC(c2ccccc2)C1. The molecule has 2 N–H and O–H groups in total. The minimum absolute atomic E-state index is 0.117. The molecule has 1 aliphatic carbocycles. The summed E-state index contributed by atoms with van der Waals surface area (Å²) < 4.78 is 67.3. The molecule has 4 rings (SSSR count). The Morgan fingerprint density at radius 1 is 1.07 bits per heavy atom. The smallest absolute Gasteiger partial charge is 0.406 e. The fraction of sp³-hybridized carbons (Fsp3) is 0.400. The summed E-state index contributed by atoms with van der Waals surface area (Å²) in [6, 6.07) is 14.7. The number of allylic oxidation sites excluding steroid dienone is 1. The number of sulfonamides is 1.